The zero-order valence-electron chi connectivity index (χ0n) is 9.17. The molecule has 0 spiro atoms. The van der Waals surface area contributed by atoms with Gasteiger partial charge in [-0.2, -0.15) is 0 Å². The van der Waals surface area contributed by atoms with E-state index in [0.717, 1.165) is 6.26 Å². The second-order valence-electron chi connectivity index (χ2n) is 3.44. The van der Waals surface area contributed by atoms with Crippen LogP contribution in [0.1, 0.15) is 5.56 Å². The number of sulfone groups is 1. The van der Waals surface area contributed by atoms with Gasteiger partial charge in [0.1, 0.15) is 10.6 Å². The number of halogens is 1. The summed E-state index contributed by atoms with van der Waals surface area (Å²) < 4.78 is 49.6. The van der Waals surface area contributed by atoms with Crippen molar-refractivity contribution < 1.29 is 21.6 Å². The van der Waals surface area contributed by atoms with Crippen molar-refractivity contribution in [3.63, 3.8) is 0 Å². The molecule has 0 aliphatic heterocycles. The quantitative estimate of drug-likeness (QED) is 0.780. The Labute approximate surface area is 105 Å². The van der Waals surface area contributed by atoms with Crippen LogP contribution in [0.5, 0.6) is 5.75 Å². The van der Waals surface area contributed by atoms with Crippen molar-refractivity contribution in [1.82, 2.24) is 0 Å². The van der Waals surface area contributed by atoms with Crippen LogP contribution in [-0.2, 0) is 24.6 Å². The van der Waals surface area contributed by atoms with Crippen LogP contribution in [0.4, 0.5) is 0 Å². The molecule has 8 heteroatoms. The molecule has 0 heterocycles. The van der Waals surface area contributed by atoms with Gasteiger partial charge in [0, 0.05) is 16.9 Å². The molecule has 0 amide bonds. The predicted octanol–water partition coefficient (Wildman–Crippen LogP) is 1.17. The van der Waals surface area contributed by atoms with Crippen LogP contribution in [-0.4, -0.2) is 30.2 Å². The smallest absolute Gasteiger partial charge is 0.236 e. The Balaban J connectivity index is 3.33. The van der Waals surface area contributed by atoms with Crippen LogP contribution >= 0.6 is 10.7 Å². The topological polar surface area (TPSA) is 77.5 Å². The standard InChI is InChI=1S/C9H11ClO5S2/c1-15-8-4-3-7(6-17(10,13)14)5-9(8)16(2,11)12/h3-5H,6H2,1-2H3. The van der Waals surface area contributed by atoms with E-state index in [0.29, 0.717) is 5.56 Å². The first-order chi connectivity index (χ1) is 7.63. The fourth-order valence-corrected chi connectivity index (χ4v) is 3.14. The normalized spacial score (nSPS) is 12.4. The molecule has 1 rings (SSSR count). The largest absolute Gasteiger partial charge is 0.495 e. The van der Waals surface area contributed by atoms with Gasteiger partial charge in [0.2, 0.25) is 9.05 Å². The summed E-state index contributed by atoms with van der Waals surface area (Å²) in [6.45, 7) is 0. The summed E-state index contributed by atoms with van der Waals surface area (Å²) >= 11 is 0. The van der Waals surface area contributed by atoms with E-state index in [-0.39, 0.29) is 10.6 Å². The molecule has 0 bridgehead atoms. The van der Waals surface area contributed by atoms with Gasteiger partial charge in [-0.25, -0.2) is 16.8 Å². The third-order valence-electron chi connectivity index (χ3n) is 1.97. The number of rotatable bonds is 4. The minimum absolute atomic E-state index is 0.0576. The van der Waals surface area contributed by atoms with Gasteiger partial charge in [0.25, 0.3) is 0 Å². The molecule has 0 saturated heterocycles. The Morgan fingerprint density at radius 3 is 2.24 bits per heavy atom. The molecule has 1 aromatic carbocycles. The minimum Gasteiger partial charge on any atom is -0.495 e. The van der Waals surface area contributed by atoms with Crippen LogP contribution in [0, 0.1) is 0 Å². The molecule has 96 valence electrons. The molecule has 0 aliphatic rings. The Bertz CT molecular complexity index is 619. The van der Waals surface area contributed by atoms with Crippen LogP contribution in [0.3, 0.4) is 0 Å². The van der Waals surface area contributed by atoms with Gasteiger partial charge in [-0.15, -0.1) is 0 Å². The Morgan fingerprint density at radius 1 is 1.24 bits per heavy atom. The monoisotopic (exact) mass is 298 g/mol. The number of hydrogen-bond acceptors (Lipinski definition) is 5. The number of benzene rings is 1. The van der Waals surface area contributed by atoms with Crippen molar-refractivity contribution in [3.05, 3.63) is 23.8 Å². The molecule has 1 aromatic rings. The molecule has 0 aliphatic carbocycles. The molecular weight excluding hydrogens is 288 g/mol. The van der Waals surface area contributed by atoms with Crippen LogP contribution < -0.4 is 4.74 Å². The maximum Gasteiger partial charge on any atom is 0.236 e. The third-order valence-corrected chi connectivity index (χ3v) is 4.09. The first-order valence-electron chi connectivity index (χ1n) is 4.43. The van der Waals surface area contributed by atoms with E-state index >= 15 is 0 Å². The Morgan fingerprint density at radius 2 is 1.82 bits per heavy atom. The summed E-state index contributed by atoms with van der Waals surface area (Å²) in [7, 11) is -0.774. The van der Waals surface area contributed by atoms with Gasteiger partial charge >= 0.3 is 0 Å². The lowest BCUT2D eigenvalue weighted by molar-refractivity contribution is 0.402. The van der Waals surface area contributed by atoms with Gasteiger partial charge in [-0.3, -0.25) is 0 Å². The van der Waals surface area contributed by atoms with Crippen molar-refractivity contribution >= 4 is 29.6 Å². The Kier molecular flexibility index (Phi) is 4.06. The van der Waals surface area contributed by atoms with Crippen LogP contribution in [0.25, 0.3) is 0 Å². The highest BCUT2D eigenvalue weighted by atomic mass is 35.7. The maximum absolute atomic E-state index is 11.5. The number of ether oxygens (including phenoxy) is 1. The van der Waals surface area contributed by atoms with Gasteiger partial charge in [-0.05, 0) is 17.7 Å². The highest BCUT2D eigenvalue weighted by molar-refractivity contribution is 8.13. The first kappa shape index (κ1) is 14.3. The molecule has 0 unspecified atom stereocenters. The molecule has 0 N–H and O–H groups in total. The lowest BCUT2D eigenvalue weighted by atomic mass is 10.2. The van der Waals surface area contributed by atoms with E-state index in [4.69, 9.17) is 15.4 Å². The molecule has 0 aromatic heterocycles. The highest BCUT2D eigenvalue weighted by Gasteiger charge is 2.16. The predicted molar refractivity (Wildman–Crippen MR) is 64.6 cm³/mol. The summed E-state index contributed by atoms with van der Waals surface area (Å²) in [5.41, 5.74) is 0.293. The van der Waals surface area contributed by atoms with Crippen molar-refractivity contribution in [3.8, 4) is 5.75 Å². The zero-order chi connectivity index (χ0) is 13.3. The Hall–Kier alpha value is -0.790. The molecule has 0 radical (unpaired) electrons. The van der Waals surface area contributed by atoms with Gasteiger partial charge in [0.05, 0.1) is 12.9 Å². The molecular formula is C9H11ClO5S2. The lowest BCUT2D eigenvalue weighted by Crippen LogP contribution is -2.03. The number of hydrogen-bond donors (Lipinski definition) is 0. The van der Waals surface area contributed by atoms with E-state index in [2.05, 4.69) is 0 Å². The van der Waals surface area contributed by atoms with Crippen molar-refractivity contribution in [2.24, 2.45) is 0 Å². The second kappa shape index (κ2) is 4.83. The van der Waals surface area contributed by atoms with Gasteiger partial charge in [0.15, 0.2) is 9.84 Å². The SMILES string of the molecule is COc1ccc(CS(=O)(=O)Cl)cc1S(C)(=O)=O. The summed E-state index contributed by atoms with van der Waals surface area (Å²) in [6, 6.07) is 4.09. The fraction of sp³-hybridized carbons (Fsp3) is 0.333. The van der Waals surface area contributed by atoms with Crippen LogP contribution in [0.15, 0.2) is 23.1 Å². The molecule has 5 nitrogen and oxygen atoms in total. The fourth-order valence-electron chi connectivity index (χ4n) is 1.30. The average molecular weight is 299 g/mol. The minimum atomic E-state index is -3.72. The molecule has 0 fully saturated rings. The third kappa shape index (κ3) is 4.18. The maximum atomic E-state index is 11.5. The van der Waals surface area contributed by atoms with Crippen molar-refractivity contribution in [2.75, 3.05) is 13.4 Å². The summed E-state index contributed by atoms with van der Waals surface area (Å²) in [5.74, 6) is -0.260. The van der Waals surface area contributed by atoms with E-state index < -0.39 is 24.6 Å². The van der Waals surface area contributed by atoms with Crippen LogP contribution in [0.2, 0.25) is 0 Å². The van der Waals surface area contributed by atoms with E-state index in [9.17, 15) is 16.8 Å². The summed E-state index contributed by atoms with van der Waals surface area (Å²) in [5, 5.41) is 0. The second-order valence-corrected chi connectivity index (χ2v) is 8.20. The van der Waals surface area contributed by atoms with Gasteiger partial charge in [-0.1, -0.05) is 6.07 Å². The zero-order valence-corrected chi connectivity index (χ0v) is 11.6. The molecule has 17 heavy (non-hydrogen) atoms. The average Bonchev–Trinajstić information content (AvgIpc) is 2.13. The van der Waals surface area contributed by atoms with Crippen molar-refractivity contribution in [2.45, 2.75) is 10.6 Å². The summed E-state index contributed by atoms with van der Waals surface area (Å²) in [6.07, 6.45) is 1.02. The first-order valence-corrected chi connectivity index (χ1v) is 8.80. The van der Waals surface area contributed by atoms with Crippen molar-refractivity contribution in [1.29, 1.82) is 0 Å². The molecule has 0 saturated carbocycles. The highest BCUT2D eigenvalue weighted by Crippen LogP contribution is 2.25. The lowest BCUT2D eigenvalue weighted by Gasteiger charge is -2.08. The molecule has 0 atom stereocenters. The van der Waals surface area contributed by atoms with E-state index in [1.165, 1.54) is 25.3 Å². The van der Waals surface area contributed by atoms with Gasteiger partial charge < -0.3 is 4.74 Å². The van der Waals surface area contributed by atoms with E-state index in [1.54, 1.807) is 0 Å². The van der Waals surface area contributed by atoms with E-state index in [1.807, 2.05) is 0 Å². The number of methoxy groups -OCH3 is 1. The summed E-state index contributed by atoms with van der Waals surface area (Å²) in [4.78, 5) is -0.0576.